The molecule has 1 saturated heterocycles. The maximum atomic E-state index is 10.6. The Kier molecular flexibility index (Phi) is 1.80. The standard InChI is InChI=1S/C6H7BrN2O3/c7-5-2-1-8-3(6(10)11)4(2)12-9-5/h2-4,8H,1H2,(H,10,11)/t2-,3+,4-/m1/s1. The summed E-state index contributed by atoms with van der Waals surface area (Å²) >= 11 is 3.21. The molecule has 2 heterocycles. The number of oxime groups is 1. The normalized spacial score (nSPS) is 38.8. The van der Waals surface area contributed by atoms with Crippen LogP contribution in [0.5, 0.6) is 0 Å². The minimum atomic E-state index is -0.889. The van der Waals surface area contributed by atoms with Crippen LogP contribution in [0.3, 0.4) is 0 Å². The Hall–Kier alpha value is -0.620. The van der Waals surface area contributed by atoms with Crippen LogP contribution in [0, 0.1) is 5.92 Å². The number of hydrogen-bond donors (Lipinski definition) is 2. The zero-order valence-corrected chi connectivity index (χ0v) is 7.61. The van der Waals surface area contributed by atoms with Gasteiger partial charge in [0, 0.05) is 6.54 Å². The van der Waals surface area contributed by atoms with Crippen LogP contribution in [-0.2, 0) is 9.63 Å². The molecule has 1 fully saturated rings. The molecular formula is C6H7BrN2O3. The Labute approximate surface area is 76.9 Å². The lowest BCUT2D eigenvalue weighted by molar-refractivity contribution is -0.142. The SMILES string of the molecule is O=C(O)[C@H]1NC[C@H]2C(Br)=NO[C@@H]12. The van der Waals surface area contributed by atoms with Crippen molar-refractivity contribution in [2.45, 2.75) is 12.1 Å². The van der Waals surface area contributed by atoms with Gasteiger partial charge in [0.1, 0.15) is 10.7 Å². The number of nitrogens with zero attached hydrogens (tertiary/aromatic N) is 1. The molecule has 6 heteroatoms. The molecule has 2 aliphatic heterocycles. The van der Waals surface area contributed by atoms with Crippen molar-refractivity contribution in [3.8, 4) is 0 Å². The van der Waals surface area contributed by atoms with Crippen molar-refractivity contribution in [1.29, 1.82) is 0 Å². The van der Waals surface area contributed by atoms with Gasteiger partial charge in [-0.15, -0.1) is 0 Å². The highest BCUT2D eigenvalue weighted by atomic mass is 79.9. The Morgan fingerprint density at radius 1 is 1.83 bits per heavy atom. The molecule has 0 spiro atoms. The molecule has 0 bridgehead atoms. The predicted octanol–water partition coefficient (Wildman–Crippen LogP) is -0.234. The molecule has 12 heavy (non-hydrogen) atoms. The van der Waals surface area contributed by atoms with Crippen LogP contribution in [0.4, 0.5) is 0 Å². The Balaban J connectivity index is 2.14. The number of nitrogens with one attached hydrogen (secondary N) is 1. The summed E-state index contributed by atoms with van der Waals surface area (Å²) in [5.41, 5.74) is 0. The van der Waals surface area contributed by atoms with Crippen molar-refractivity contribution in [2.75, 3.05) is 6.54 Å². The molecule has 3 atom stereocenters. The Morgan fingerprint density at radius 2 is 2.58 bits per heavy atom. The van der Waals surface area contributed by atoms with E-state index >= 15 is 0 Å². The van der Waals surface area contributed by atoms with Crippen LogP contribution in [0.15, 0.2) is 5.16 Å². The fourth-order valence-electron chi connectivity index (χ4n) is 1.48. The lowest BCUT2D eigenvalue weighted by Crippen LogP contribution is -2.39. The monoisotopic (exact) mass is 234 g/mol. The van der Waals surface area contributed by atoms with Gasteiger partial charge in [0.25, 0.3) is 0 Å². The molecule has 2 N–H and O–H groups in total. The minimum absolute atomic E-state index is 0.0612. The number of aliphatic carboxylic acids is 1. The summed E-state index contributed by atoms with van der Waals surface area (Å²) in [5, 5.41) is 15.3. The number of hydrogen-bond acceptors (Lipinski definition) is 4. The first-order chi connectivity index (χ1) is 5.70. The van der Waals surface area contributed by atoms with E-state index in [9.17, 15) is 4.79 Å². The van der Waals surface area contributed by atoms with E-state index in [0.717, 1.165) is 0 Å². The molecule has 0 aromatic rings. The van der Waals surface area contributed by atoms with Gasteiger partial charge in [-0.05, 0) is 15.9 Å². The summed E-state index contributed by atoms with van der Waals surface area (Å²) in [6, 6.07) is -0.631. The van der Waals surface area contributed by atoms with Gasteiger partial charge < -0.3 is 15.3 Å². The van der Waals surface area contributed by atoms with Crippen LogP contribution in [0.1, 0.15) is 0 Å². The Bertz CT molecular complexity index is 255. The number of fused-ring (bicyclic) bond motifs is 1. The molecule has 0 radical (unpaired) electrons. The van der Waals surface area contributed by atoms with Gasteiger partial charge in [0.05, 0.1) is 5.92 Å². The van der Waals surface area contributed by atoms with Crippen LogP contribution in [-0.4, -0.2) is 34.4 Å². The van der Waals surface area contributed by atoms with Crippen LogP contribution >= 0.6 is 15.9 Å². The summed E-state index contributed by atoms with van der Waals surface area (Å²) in [6.07, 6.45) is -0.350. The summed E-state index contributed by atoms with van der Waals surface area (Å²) < 4.78 is 0.698. The van der Waals surface area contributed by atoms with Crippen molar-refractivity contribution in [1.82, 2.24) is 5.32 Å². The fraction of sp³-hybridized carbons (Fsp3) is 0.667. The van der Waals surface area contributed by atoms with Crippen molar-refractivity contribution >= 4 is 26.5 Å². The zero-order valence-electron chi connectivity index (χ0n) is 6.03. The summed E-state index contributed by atoms with van der Waals surface area (Å²) in [6.45, 7) is 0.603. The molecule has 66 valence electrons. The lowest BCUT2D eigenvalue weighted by Gasteiger charge is -2.10. The molecule has 0 aromatic carbocycles. The highest BCUT2D eigenvalue weighted by Gasteiger charge is 2.47. The van der Waals surface area contributed by atoms with E-state index in [1.54, 1.807) is 0 Å². The molecule has 0 unspecified atom stereocenters. The van der Waals surface area contributed by atoms with Gasteiger partial charge in [-0.25, -0.2) is 0 Å². The van der Waals surface area contributed by atoms with Crippen molar-refractivity contribution < 1.29 is 14.7 Å². The first-order valence-electron chi connectivity index (χ1n) is 3.55. The van der Waals surface area contributed by atoms with Gasteiger partial charge in [-0.3, -0.25) is 4.79 Å². The first-order valence-corrected chi connectivity index (χ1v) is 4.35. The molecule has 0 saturated carbocycles. The van der Waals surface area contributed by atoms with E-state index in [-0.39, 0.29) is 12.0 Å². The quantitative estimate of drug-likeness (QED) is 0.658. The number of carboxylic acids is 1. The summed E-state index contributed by atoms with van der Waals surface area (Å²) in [4.78, 5) is 15.6. The van der Waals surface area contributed by atoms with Gasteiger partial charge in [0.2, 0.25) is 0 Å². The van der Waals surface area contributed by atoms with Crippen molar-refractivity contribution in [3.05, 3.63) is 0 Å². The average Bonchev–Trinajstić information content (AvgIpc) is 2.53. The van der Waals surface area contributed by atoms with Gasteiger partial charge >= 0.3 is 5.97 Å². The highest BCUT2D eigenvalue weighted by molar-refractivity contribution is 9.18. The molecular weight excluding hydrogens is 228 g/mol. The third-order valence-corrected chi connectivity index (χ3v) is 2.85. The van der Waals surface area contributed by atoms with E-state index in [1.807, 2.05) is 0 Å². The van der Waals surface area contributed by atoms with Gasteiger partial charge in [-0.2, -0.15) is 0 Å². The first kappa shape index (κ1) is 8.00. The van der Waals surface area contributed by atoms with E-state index in [2.05, 4.69) is 26.4 Å². The molecule has 2 rings (SSSR count). The second-order valence-corrected chi connectivity index (χ2v) is 3.63. The number of rotatable bonds is 1. The smallest absolute Gasteiger partial charge is 0.324 e. The third-order valence-electron chi connectivity index (χ3n) is 2.12. The zero-order chi connectivity index (χ0) is 8.72. The molecule has 0 amide bonds. The maximum Gasteiger partial charge on any atom is 0.324 e. The lowest BCUT2D eigenvalue weighted by atomic mass is 10.0. The number of halogens is 1. The molecule has 0 aliphatic carbocycles. The third kappa shape index (κ3) is 1.02. The van der Waals surface area contributed by atoms with Crippen LogP contribution < -0.4 is 5.32 Å². The number of carbonyl (C=O) groups is 1. The topological polar surface area (TPSA) is 70.9 Å². The van der Waals surface area contributed by atoms with E-state index in [4.69, 9.17) is 9.94 Å². The Morgan fingerprint density at radius 3 is 3.25 bits per heavy atom. The van der Waals surface area contributed by atoms with Crippen molar-refractivity contribution in [3.63, 3.8) is 0 Å². The average molecular weight is 235 g/mol. The van der Waals surface area contributed by atoms with E-state index < -0.39 is 12.0 Å². The van der Waals surface area contributed by atoms with Gasteiger partial charge in [-0.1, -0.05) is 5.16 Å². The largest absolute Gasteiger partial charge is 0.480 e. The number of carboxylic acid groups (broad SMARTS) is 1. The second kappa shape index (κ2) is 2.70. The van der Waals surface area contributed by atoms with Crippen LogP contribution in [0.2, 0.25) is 0 Å². The van der Waals surface area contributed by atoms with Crippen molar-refractivity contribution in [2.24, 2.45) is 11.1 Å². The van der Waals surface area contributed by atoms with Crippen LogP contribution in [0.25, 0.3) is 0 Å². The summed E-state index contributed by atoms with van der Waals surface area (Å²) in [5.74, 6) is -0.828. The molecule has 5 nitrogen and oxygen atoms in total. The fourth-order valence-corrected chi connectivity index (χ4v) is 1.99. The minimum Gasteiger partial charge on any atom is -0.480 e. The second-order valence-electron chi connectivity index (χ2n) is 2.81. The van der Waals surface area contributed by atoms with E-state index in [0.29, 0.717) is 11.2 Å². The summed E-state index contributed by atoms with van der Waals surface area (Å²) in [7, 11) is 0. The highest BCUT2D eigenvalue weighted by Crippen LogP contribution is 2.28. The van der Waals surface area contributed by atoms with E-state index in [1.165, 1.54) is 0 Å². The predicted molar refractivity (Wildman–Crippen MR) is 44.2 cm³/mol. The van der Waals surface area contributed by atoms with Gasteiger partial charge in [0.15, 0.2) is 6.10 Å². The maximum absolute atomic E-state index is 10.6. The molecule has 2 aliphatic rings. The molecule has 0 aromatic heterocycles.